The molecule has 0 bridgehead atoms. The molecular formula is C11H10N2O. The Hall–Kier alpha value is -1.90. The summed E-state index contributed by atoms with van der Waals surface area (Å²) >= 11 is 0. The minimum Gasteiger partial charge on any atom is -0.333 e. The molecule has 0 aliphatic carbocycles. The number of carbonyl (C=O) groups excluding carboxylic acids is 1. The minimum absolute atomic E-state index is 0.689. The van der Waals surface area contributed by atoms with Gasteiger partial charge in [0.25, 0.3) is 0 Å². The zero-order valence-corrected chi connectivity index (χ0v) is 7.63. The molecule has 2 rings (SSSR count). The van der Waals surface area contributed by atoms with Crippen molar-refractivity contribution in [2.45, 2.75) is 6.54 Å². The third-order valence-corrected chi connectivity index (χ3v) is 2.09. The standard InChI is InChI=1S/C11H10N2O/c14-8-11-4-2-1-3-10(11)7-13-6-5-12-9-13/h1-6,8-9H,7H2. The molecule has 1 aromatic carbocycles. The molecule has 0 saturated heterocycles. The summed E-state index contributed by atoms with van der Waals surface area (Å²) in [6.45, 7) is 0.689. The van der Waals surface area contributed by atoms with Gasteiger partial charge in [-0.2, -0.15) is 0 Å². The molecule has 70 valence electrons. The van der Waals surface area contributed by atoms with Crippen molar-refractivity contribution in [3.63, 3.8) is 0 Å². The van der Waals surface area contributed by atoms with Crippen molar-refractivity contribution < 1.29 is 4.79 Å². The number of carbonyl (C=O) groups is 1. The van der Waals surface area contributed by atoms with Crippen LogP contribution in [-0.2, 0) is 6.54 Å². The quantitative estimate of drug-likeness (QED) is 0.684. The molecule has 3 nitrogen and oxygen atoms in total. The summed E-state index contributed by atoms with van der Waals surface area (Å²) in [6.07, 6.45) is 6.22. The second-order valence-corrected chi connectivity index (χ2v) is 3.05. The summed E-state index contributed by atoms with van der Waals surface area (Å²) in [5.74, 6) is 0. The first-order valence-electron chi connectivity index (χ1n) is 4.39. The van der Waals surface area contributed by atoms with Crippen LogP contribution in [0.15, 0.2) is 43.0 Å². The van der Waals surface area contributed by atoms with Crippen molar-refractivity contribution in [3.05, 3.63) is 54.1 Å². The maximum absolute atomic E-state index is 10.7. The van der Waals surface area contributed by atoms with Crippen molar-refractivity contribution in [3.8, 4) is 0 Å². The highest BCUT2D eigenvalue weighted by Crippen LogP contribution is 2.07. The van der Waals surface area contributed by atoms with Crippen molar-refractivity contribution in [1.29, 1.82) is 0 Å². The van der Waals surface area contributed by atoms with Gasteiger partial charge in [-0.3, -0.25) is 4.79 Å². The van der Waals surface area contributed by atoms with Crippen LogP contribution in [0.2, 0.25) is 0 Å². The largest absolute Gasteiger partial charge is 0.333 e. The lowest BCUT2D eigenvalue weighted by Crippen LogP contribution is -1.99. The normalized spacial score (nSPS) is 10.0. The van der Waals surface area contributed by atoms with Crippen LogP contribution in [0, 0.1) is 0 Å². The average molecular weight is 186 g/mol. The Morgan fingerprint density at radius 2 is 2.21 bits per heavy atom. The third-order valence-electron chi connectivity index (χ3n) is 2.09. The van der Waals surface area contributed by atoms with Crippen LogP contribution >= 0.6 is 0 Å². The second kappa shape index (κ2) is 3.87. The Labute approximate surface area is 82.0 Å². The molecule has 1 aromatic heterocycles. The van der Waals surface area contributed by atoms with E-state index in [9.17, 15) is 4.79 Å². The molecule has 0 aliphatic heterocycles. The Kier molecular flexibility index (Phi) is 2.40. The topological polar surface area (TPSA) is 34.9 Å². The van der Waals surface area contributed by atoms with Gasteiger partial charge in [0.1, 0.15) is 6.29 Å². The Bertz CT molecular complexity index is 421. The SMILES string of the molecule is O=Cc1ccccc1Cn1ccnc1. The van der Waals surface area contributed by atoms with Gasteiger partial charge < -0.3 is 4.57 Å². The number of benzene rings is 1. The highest BCUT2D eigenvalue weighted by atomic mass is 16.1. The summed E-state index contributed by atoms with van der Waals surface area (Å²) in [6, 6.07) is 7.56. The molecule has 0 radical (unpaired) electrons. The molecule has 3 heteroatoms. The molecule has 0 spiro atoms. The van der Waals surface area contributed by atoms with Gasteiger partial charge in [-0.15, -0.1) is 0 Å². The fraction of sp³-hybridized carbons (Fsp3) is 0.0909. The van der Waals surface area contributed by atoms with Crippen molar-refractivity contribution in [2.75, 3.05) is 0 Å². The number of aldehydes is 1. The first kappa shape index (κ1) is 8.69. The lowest BCUT2D eigenvalue weighted by molar-refractivity contribution is 0.112. The molecule has 1 heterocycles. The lowest BCUT2D eigenvalue weighted by atomic mass is 10.1. The Morgan fingerprint density at radius 1 is 1.36 bits per heavy atom. The fourth-order valence-electron chi connectivity index (χ4n) is 1.37. The smallest absolute Gasteiger partial charge is 0.150 e. The van der Waals surface area contributed by atoms with Gasteiger partial charge in [-0.25, -0.2) is 4.98 Å². The summed E-state index contributed by atoms with van der Waals surface area (Å²) < 4.78 is 1.93. The fourth-order valence-corrected chi connectivity index (χ4v) is 1.37. The number of nitrogens with zero attached hydrogens (tertiary/aromatic N) is 2. The maximum atomic E-state index is 10.7. The van der Waals surface area contributed by atoms with Crippen LogP contribution in [0.25, 0.3) is 0 Å². The van der Waals surface area contributed by atoms with E-state index in [1.807, 2.05) is 35.0 Å². The highest BCUT2D eigenvalue weighted by molar-refractivity contribution is 5.77. The van der Waals surface area contributed by atoms with Gasteiger partial charge in [0.05, 0.1) is 6.33 Å². The first-order chi connectivity index (χ1) is 6.90. The van der Waals surface area contributed by atoms with Gasteiger partial charge in [-0.1, -0.05) is 24.3 Å². The number of rotatable bonds is 3. The Morgan fingerprint density at radius 3 is 2.93 bits per heavy atom. The van der Waals surface area contributed by atoms with Crippen LogP contribution in [0.1, 0.15) is 15.9 Å². The van der Waals surface area contributed by atoms with Gasteiger partial charge >= 0.3 is 0 Å². The van der Waals surface area contributed by atoms with Crippen LogP contribution < -0.4 is 0 Å². The van der Waals surface area contributed by atoms with Gasteiger partial charge in [0.15, 0.2) is 0 Å². The molecule has 0 aliphatic rings. The second-order valence-electron chi connectivity index (χ2n) is 3.05. The maximum Gasteiger partial charge on any atom is 0.150 e. The highest BCUT2D eigenvalue weighted by Gasteiger charge is 2.00. The third kappa shape index (κ3) is 1.71. The molecule has 0 saturated carbocycles. The molecule has 0 fully saturated rings. The van der Waals surface area contributed by atoms with E-state index < -0.39 is 0 Å². The predicted molar refractivity (Wildman–Crippen MR) is 53.2 cm³/mol. The molecular weight excluding hydrogens is 176 g/mol. The molecule has 0 amide bonds. The monoisotopic (exact) mass is 186 g/mol. The van der Waals surface area contributed by atoms with Crippen molar-refractivity contribution in [1.82, 2.24) is 9.55 Å². The van der Waals surface area contributed by atoms with Crippen LogP contribution in [-0.4, -0.2) is 15.8 Å². The number of hydrogen-bond donors (Lipinski definition) is 0. The van der Waals surface area contributed by atoms with Gasteiger partial charge in [0, 0.05) is 24.5 Å². The van der Waals surface area contributed by atoms with Crippen molar-refractivity contribution in [2.24, 2.45) is 0 Å². The molecule has 2 aromatic rings. The zero-order chi connectivity index (χ0) is 9.80. The van der Waals surface area contributed by atoms with E-state index >= 15 is 0 Å². The summed E-state index contributed by atoms with van der Waals surface area (Å²) in [5.41, 5.74) is 1.75. The number of imidazole rings is 1. The number of aromatic nitrogens is 2. The van der Waals surface area contributed by atoms with E-state index in [1.165, 1.54) is 0 Å². The van der Waals surface area contributed by atoms with Crippen LogP contribution in [0.5, 0.6) is 0 Å². The summed E-state index contributed by atoms with van der Waals surface area (Å²) in [4.78, 5) is 14.7. The predicted octanol–water partition coefficient (Wildman–Crippen LogP) is 1.74. The van der Waals surface area contributed by atoms with E-state index in [4.69, 9.17) is 0 Å². The van der Waals surface area contributed by atoms with Gasteiger partial charge in [-0.05, 0) is 5.56 Å². The van der Waals surface area contributed by atoms with Crippen molar-refractivity contribution >= 4 is 6.29 Å². The number of hydrogen-bond acceptors (Lipinski definition) is 2. The molecule has 0 unspecified atom stereocenters. The lowest BCUT2D eigenvalue weighted by Gasteiger charge is -2.04. The summed E-state index contributed by atoms with van der Waals surface area (Å²) in [7, 11) is 0. The Balaban J connectivity index is 2.28. The zero-order valence-electron chi connectivity index (χ0n) is 7.63. The molecule has 0 atom stereocenters. The van der Waals surface area contributed by atoms with Crippen LogP contribution in [0.3, 0.4) is 0 Å². The van der Waals surface area contributed by atoms with Crippen LogP contribution in [0.4, 0.5) is 0 Å². The van der Waals surface area contributed by atoms with E-state index in [1.54, 1.807) is 12.5 Å². The minimum atomic E-state index is 0.689. The molecule has 0 N–H and O–H groups in total. The first-order valence-corrected chi connectivity index (χ1v) is 4.39. The van der Waals surface area contributed by atoms with Gasteiger partial charge in [0.2, 0.25) is 0 Å². The van der Waals surface area contributed by atoms with E-state index in [-0.39, 0.29) is 0 Å². The summed E-state index contributed by atoms with van der Waals surface area (Å²) in [5, 5.41) is 0. The molecule has 14 heavy (non-hydrogen) atoms. The van der Waals surface area contributed by atoms with E-state index in [0.29, 0.717) is 6.54 Å². The van der Waals surface area contributed by atoms with E-state index in [0.717, 1.165) is 17.4 Å². The van der Waals surface area contributed by atoms with E-state index in [2.05, 4.69) is 4.98 Å². The average Bonchev–Trinajstić information content (AvgIpc) is 2.71.